The predicted molar refractivity (Wildman–Crippen MR) is 125 cm³/mol. The van der Waals surface area contributed by atoms with Gasteiger partial charge >= 0.3 is 0 Å². The topological polar surface area (TPSA) is 94.0 Å². The third-order valence-electron chi connectivity index (χ3n) is 5.95. The minimum Gasteiger partial charge on any atom is -0.486 e. The Balaban J connectivity index is 1.47. The first kappa shape index (κ1) is 21.7. The Bertz CT molecular complexity index is 1330. The van der Waals surface area contributed by atoms with Gasteiger partial charge in [0.15, 0.2) is 11.5 Å². The lowest BCUT2D eigenvalue weighted by Crippen LogP contribution is -2.50. The number of sulfonamides is 1. The van der Waals surface area contributed by atoms with Gasteiger partial charge < -0.3 is 14.4 Å². The molecule has 3 heterocycles. The van der Waals surface area contributed by atoms with Crippen LogP contribution in [0.1, 0.15) is 13.3 Å². The van der Waals surface area contributed by atoms with Crippen molar-refractivity contribution < 1.29 is 17.9 Å². The van der Waals surface area contributed by atoms with Gasteiger partial charge in [0.05, 0.1) is 15.8 Å². The van der Waals surface area contributed by atoms with E-state index >= 15 is 0 Å². The van der Waals surface area contributed by atoms with Crippen LogP contribution < -0.4 is 19.9 Å². The van der Waals surface area contributed by atoms with Crippen LogP contribution in [-0.2, 0) is 16.6 Å². The fourth-order valence-corrected chi connectivity index (χ4v) is 5.73. The zero-order valence-electron chi connectivity index (χ0n) is 18.4. The van der Waals surface area contributed by atoms with E-state index in [0.29, 0.717) is 74.3 Å². The van der Waals surface area contributed by atoms with E-state index in [-0.39, 0.29) is 10.5 Å². The highest BCUT2D eigenvalue weighted by Crippen LogP contribution is 2.33. The highest BCUT2D eigenvalue weighted by molar-refractivity contribution is 7.89. The van der Waals surface area contributed by atoms with Crippen molar-refractivity contribution in [3.8, 4) is 11.5 Å². The summed E-state index contributed by atoms with van der Waals surface area (Å²) in [4.78, 5) is 20.5. The number of nitrogens with zero attached hydrogens (tertiary/aromatic N) is 4. The van der Waals surface area contributed by atoms with Crippen LogP contribution in [0.4, 0.5) is 5.95 Å². The Morgan fingerprint density at radius 1 is 0.970 bits per heavy atom. The minimum absolute atomic E-state index is 0.131. The number of hydrogen-bond acceptors (Lipinski definition) is 7. The number of fused-ring (bicyclic) bond motifs is 2. The fourth-order valence-electron chi connectivity index (χ4n) is 4.28. The van der Waals surface area contributed by atoms with Crippen molar-refractivity contribution >= 4 is 26.9 Å². The fraction of sp³-hybridized carbons (Fsp3) is 0.391. The summed E-state index contributed by atoms with van der Waals surface area (Å²) in [5, 5.41) is 0.488. The van der Waals surface area contributed by atoms with E-state index in [1.54, 1.807) is 47.0 Å². The second-order valence-corrected chi connectivity index (χ2v) is 10.0. The maximum absolute atomic E-state index is 13.4. The van der Waals surface area contributed by atoms with Gasteiger partial charge in [0.25, 0.3) is 5.56 Å². The largest absolute Gasteiger partial charge is 0.486 e. The number of rotatable bonds is 5. The van der Waals surface area contributed by atoms with Crippen molar-refractivity contribution in [1.82, 2.24) is 13.9 Å². The maximum Gasteiger partial charge on any atom is 0.262 e. The van der Waals surface area contributed by atoms with Gasteiger partial charge in [-0.15, -0.1) is 0 Å². The lowest BCUT2D eigenvalue weighted by atomic mass is 10.2. The standard InChI is InChI=1S/C23H26N4O5S/c1-2-8-27-22(28)18-15-20-21(32-14-13-31-20)16-19(18)24-23(27)25-9-11-26(12-10-25)33(29,30)17-6-4-3-5-7-17/h3-7,15-16H,2,8-14H2,1H3. The summed E-state index contributed by atoms with van der Waals surface area (Å²) in [5.41, 5.74) is 0.416. The maximum atomic E-state index is 13.4. The lowest BCUT2D eigenvalue weighted by Gasteiger charge is -2.35. The minimum atomic E-state index is -3.55. The van der Waals surface area contributed by atoms with Crippen LogP contribution in [0.3, 0.4) is 0 Å². The number of aromatic nitrogens is 2. The van der Waals surface area contributed by atoms with Gasteiger partial charge in [-0.05, 0) is 24.6 Å². The number of benzene rings is 2. The molecule has 0 N–H and O–H groups in total. The molecule has 1 saturated heterocycles. The van der Waals surface area contributed by atoms with E-state index in [2.05, 4.69) is 0 Å². The van der Waals surface area contributed by atoms with Gasteiger partial charge in [-0.25, -0.2) is 13.4 Å². The SMILES string of the molecule is CCCn1c(N2CCN(S(=O)(=O)c3ccccc3)CC2)nc2cc3c(cc2c1=O)OCCO3. The summed E-state index contributed by atoms with van der Waals surface area (Å²) in [6, 6.07) is 11.9. The summed E-state index contributed by atoms with van der Waals surface area (Å²) < 4.78 is 40.4. The molecule has 3 aromatic rings. The normalized spacial score (nSPS) is 16.8. The van der Waals surface area contributed by atoms with Gasteiger partial charge in [-0.1, -0.05) is 25.1 Å². The van der Waals surface area contributed by atoms with Crippen molar-refractivity contribution in [2.24, 2.45) is 0 Å². The molecule has 5 rings (SSSR count). The van der Waals surface area contributed by atoms with Crippen LogP contribution >= 0.6 is 0 Å². The second-order valence-electron chi connectivity index (χ2n) is 8.09. The van der Waals surface area contributed by atoms with E-state index in [0.717, 1.165) is 6.42 Å². The Hall–Kier alpha value is -3.11. The molecule has 10 heteroatoms. The van der Waals surface area contributed by atoms with Gasteiger partial charge in [0.2, 0.25) is 16.0 Å². The number of hydrogen-bond donors (Lipinski definition) is 0. The van der Waals surface area contributed by atoms with Crippen LogP contribution in [0, 0.1) is 0 Å². The monoisotopic (exact) mass is 470 g/mol. The van der Waals surface area contributed by atoms with Crippen LogP contribution in [-0.4, -0.2) is 61.7 Å². The van der Waals surface area contributed by atoms with Crippen LogP contribution in [0.15, 0.2) is 52.2 Å². The van der Waals surface area contributed by atoms with Crippen molar-refractivity contribution in [3.05, 3.63) is 52.8 Å². The molecule has 0 saturated carbocycles. The van der Waals surface area contributed by atoms with E-state index in [9.17, 15) is 13.2 Å². The molecule has 1 fully saturated rings. The molecule has 0 amide bonds. The molecule has 2 aliphatic rings. The zero-order valence-corrected chi connectivity index (χ0v) is 19.3. The summed E-state index contributed by atoms with van der Waals surface area (Å²) in [7, 11) is -3.55. The Morgan fingerprint density at radius 3 is 2.30 bits per heavy atom. The molecule has 0 aliphatic carbocycles. The summed E-state index contributed by atoms with van der Waals surface area (Å²) in [5.74, 6) is 1.70. The Morgan fingerprint density at radius 2 is 1.64 bits per heavy atom. The van der Waals surface area contributed by atoms with Crippen molar-refractivity contribution in [3.63, 3.8) is 0 Å². The van der Waals surface area contributed by atoms with E-state index in [4.69, 9.17) is 14.5 Å². The molecule has 0 unspecified atom stereocenters. The second kappa shape index (κ2) is 8.68. The van der Waals surface area contributed by atoms with Gasteiger partial charge in [-0.2, -0.15) is 4.31 Å². The van der Waals surface area contributed by atoms with Crippen molar-refractivity contribution in [2.45, 2.75) is 24.8 Å². The molecule has 2 aliphatic heterocycles. The summed E-state index contributed by atoms with van der Waals surface area (Å²) in [6.07, 6.45) is 0.771. The smallest absolute Gasteiger partial charge is 0.262 e. The molecule has 174 valence electrons. The first-order valence-corrected chi connectivity index (χ1v) is 12.6. The average molecular weight is 471 g/mol. The highest BCUT2D eigenvalue weighted by atomic mass is 32.2. The van der Waals surface area contributed by atoms with E-state index in [1.165, 1.54) is 4.31 Å². The molecule has 0 atom stereocenters. The lowest BCUT2D eigenvalue weighted by molar-refractivity contribution is 0.172. The van der Waals surface area contributed by atoms with Crippen LogP contribution in [0.25, 0.3) is 10.9 Å². The summed E-state index contributed by atoms with van der Waals surface area (Å²) >= 11 is 0. The van der Waals surface area contributed by atoms with E-state index in [1.807, 2.05) is 11.8 Å². The zero-order chi connectivity index (χ0) is 23.0. The van der Waals surface area contributed by atoms with Gasteiger partial charge in [0, 0.05) is 38.8 Å². The Labute approximate surface area is 192 Å². The van der Waals surface area contributed by atoms with Gasteiger partial charge in [-0.3, -0.25) is 9.36 Å². The van der Waals surface area contributed by atoms with E-state index < -0.39 is 10.0 Å². The molecule has 0 radical (unpaired) electrons. The van der Waals surface area contributed by atoms with Crippen LogP contribution in [0.2, 0.25) is 0 Å². The molecular formula is C23H26N4O5S. The number of piperazine rings is 1. The Kier molecular flexibility index (Phi) is 5.71. The molecule has 2 aromatic carbocycles. The molecular weight excluding hydrogens is 444 g/mol. The molecule has 0 bridgehead atoms. The first-order valence-electron chi connectivity index (χ1n) is 11.1. The van der Waals surface area contributed by atoms with Crippen molar-refractivity contribution in [2.75, 3.05) is 44.3 Å². The third-order valence-corrected chi connectivity index (χ3v) is 7.86. The molecule has 9 nitrogen and oxygen atoms in total. The predicted octanol–water partition coefficient (Wildman–Crippen LogP) is 2.09. The average Bonchev–Trinajstić information content (AvgIpc) is 2.85. The quantitative estimate of drug-likeness (QED) is 0.564. The molecule has 33 heavy (non-hydrogen) atoms. The summed E-state index contributed by atoms with van der Waals surface area (Å²) in [6.45, 7) is 4.95. The highest BCUT2D eigenvalue weighted by Gasteiger charge is 2.30. The molecule has 1 aromatic heterocycles. The van der Waals surface area contributed by atoms with Gasteiger partial charge in [0.1, 0.15) is 13.2 Å². The number of ether oxygens (including phenoxy) is 2. The van der Waals surface area contributed by atoms with Crippen molar-refractivity contribution in [1.29, 1.82) is 0 Å². The number of anilines is 1. The third kappa shape index (κ3) is 3.93. The van der Waals surface area contributed by atoms with Crippen LogP contribution in [0.5, 0.6) is 11.5 Å². The first-order chi connectivity index (χ1) is 16.0. The molecule has 0 spiro atoms.